The Labute approximate surface area is 260 Å². The highest BCUT2D eigenvalue weighted by Gasteiger charge is 2.31. The van der Waals surface area contributed by atoms with E-state index < -0.39 is 17.6 Å². The number of nitrogens with one attached hydrogen (secondary N) is 2. The van der Waals surface area contributed by atoms with Crippen molar-refractivity contribution in [1.29, 1.82) is 0 Å². The summed E-state index contributed by atoms with van der Waals surface area (Å²) in [5, 5.41) is 17.3. The molecule has 0 radical (unpaired) electrons. The highest BCUT2D eigenvalue weighted by molar-refractivity contribution is 5.95. The summed E-state index contributed by atoms with van der Waals surface area (Å²) in [5.41, 5.74) is 2.02. The number of carbonyl (C=O) groups excluding carboxylic acids is 1. The number of aromatic amines is 1. The molecule has 0 fully saturated rings. The lowest BCUT2D eigenvalue weighted by atomic mass is 9.93. The summed E-state index contributed by atoms with van der Waals surface area (Å²) in [6, 6.07) is 16.7. The number of tetrazole rings is 1. The second-order valence-electron chi connectivity index (χ2n) is 9.94. The molecule has 0 spiro atoms. The number of H-pyrrole nitrogens is 1. The maximum absolute atomic E-state index is 13.1. The van der Waals surface area contributed by atoms with Gasteiger partial charge in [-0.2, -0.15) is 18.4 Å². The van der Waals surface area contributed by atoms with Crippen LogP contribution in [-0.2, 0) is 6.18 Å². The molecule has 2 N–H and O–H groups in total. The van der Waals surface area contributed by atoms with Gasteiger partial charge in [0.05, 0.1) is 18.2 Å². The van der Waals surface area contributed by atoms with Gasteiger partial charge in [-0.25, -0.2) is 4.98 Å². The van der Waals surface area contributed by atoms with Crippen LogP contribution in [0, 0.1) is 6.92 Å². The summed E-state index contributed by atoms with van der Waals surface area (Å²) < 4.78 is 61.9. The number of fused-ring (bicyclic) bond motifs is 1. The van der Waals surface area contributed by atoms with E-state index in [0.29, 0.717) is 45.4 Å². The molecule has 11 nitrogen and oxygen atoms in total. The maximum atomic E-state index is 13.1. The second-order valence-corrected chi connectivity index (χ2v) is 9.94. The number of benzene rings is 3. The molecule has 3 aromatic carbocycles. The molecule has 1 amide bonds. The SMILES string of the molecule is COc1ccc(-c2c(C=CCNC(=O)c3cccc(C(F)(F)F)c3)c(C)nc(Oc3ccc4c(c3)OCO4)c2-c2nn[nH]n2)cc1. The van der Waals surface area contributed by atoms with Crippen LogP contribution in [0.3, 0.4) is 0 Å². The molecule has 0 bridgehead atoms. The van der Waals surface area contributed by atoms with Crippen molar-refractivity contribution in [3.8, 4) is 51.4 Å². The summed E-state index contributed by atoms with van der Waals surface area (Å²) in [6.07, 6.45) is -1.14. The minimum atomic E-state index is -4.56. The molecule has 1 aliphatic heterocycles. The highest BCUT2D eigenvalue weighted by Crippen LogP contribution is 2.44. The Balaban J connectivity index is 1.38. The largest absolute Gasteiger partial charge is 0.497 e. The van der Waals surface area contributed by atoms with Gasteiger partial charge >= 0.3 is 6.18 Å². The lowest BCUT2D eigenvalue weighted by Crippen LogP contribution is -2.23. The van der Waals surface area contributed by atoms with Crippen molar-refractivity contribution in [3.63, 3.8) is 0 Å². The van der Waals surface area contributed by atoms with Crippen molar-refractivity contribution >= 4 is 12.0 Å². The van der Waals surface area contributed by atoms with E-state index in [9.17, 15) is 18.0 Å². The van der Waals surface area contributed by atoms with Crippen molar-refractivity contribution < 1.29 is 36.9 Å². The highest BCUT2D eigenvalue weighted by atomic mass is 19.4. The summed E-state index contributed by atoms with van der Waals surface area (Å²) in [6.45, 7) is 1.91. The molecule has 5 aromatic rings. The van der Waals surface area contributed by atoms with Crippen molar-refractivity contribution in [1.82, 2.24) is 30.9 Å². The molecule has 6 rings (SSSR count). The minimum Gasteiger partial charge on any atom is -0.497 e. The fraction of sp³-hybridized carbons (Fsp3) is 0.156. The number of hydrogen-bond donors (Lipinski definition) is 2. The predicted octanol–water partition coefficient (Wildman–Crippen LogP) is 6.23. The third-order valence-electron chi connectivity index (χ3n) is 7.02. The quantitative estimate of drug-likeness (QED) is 0.194. The molecule has 0 aliphatic carbocycles. The van der Waals surface area contributed by atoms with Crippen LogP contribution in [0.25, 0.3) is 28.6 Å². The predicted molar refractivity (Wildman–Crippen MR) is 160 cm³/mol. The molecular formula is C32H25F3N6O5. The number of amides is 1. The normalized spacial score (nSPS) is 12.4. The van der Waals surface area contributed by atoms with Gasteiger partial charge in [0.15, 0.2) is 11.5 Å². The molecular weight excluding hydrogens is 605 g/mol. The number of aromatic nitrogens is 5. The Kier molecular flexibility index (Phi) is 8.25. The van der Waals surface area contributed by atoms with Gasteiger partial charge < -0.3 is 24.3 Å². The number of methoxy groups -OCH3 is 1. The van der Waals surface area contributed by atoms with Gasteiger partial charge in [0.2, 0.25) is 18.5 Å². The number of hydrogen-bond acceptors (Lipinski definition) is 9. The van der Waals surface area contributed by atoms with Gasteiger partial charge in [0.1, 0.15) is 11.5 Å². The zero-order valence-corrected chi connectivity index (χ0v) is 24.4. The van der Waals surface area contributed by atoms with E-state index in [1.165, 1.54) is 12.1 Å². The van der Waals surface area contributed by atoms with Gasteiger partial charge in [0, 0.05) is 35.0 Å². The molecule has 14 heteroatoms. The Morgan fingerprint density at radius 3 is 2.54 bits per heavy atom. The number of ether oxygens (including phenoxy) is 4. The van der Waals surface area contributed by atoms with Crippen molar-refractivity contribution in [2.45, 2.75) is 13.1 Å². The van der Waals surface area contributed by atoms with Gasteiger partial charge in [-0.3, -0.25) is 4.79 Å². The van der Waals surface area contributed by atoms with Crippen LogP contribution >= 0.6 is 0 Å². The zero-order valence-electron chi connectivity index (χ0n) is 24.4. The first-order valence-corrected chi connectivity index (χ1v) is 13.8. The van der Waals surface area contributed by atoms with Gasteiger partial charge in [-0.1, -0.05) is 30.4 Å². The fourth-order valence-corrected chi connectivity index (χ4v) is 4.82. The summed E-state index contributed by atoms with van der Waals surface area (Å²) in [5.74, 6) is 1.94. The monoisotopic (exact) mass is 630 g/mol. The van der Waals surface area contributed by atoms with Crippen molar-refractivity contribution in [2.24, 2.45) is 0 Å². The van der Waals surface area contributed by atoms with E-state index in [-0.39, 0.29) is 30.6 Å². The second kappa shape index (κ2) is 12.6. The maximum Gasteiger partial charge on any atom is 0.416 e. The number of aryl methyl sites for hydroxylation is 1. The first-order valence-electron chi connectivity index (χ1n) is 13.8. The van der Waals surface area contributed by atoms with Crippen LogP contribution in [0.1, 0.15) is 27.2 Å². The van der Waals surface area contributed by atoms with Crippen molar-refractivity contribution in [2.75, 3.05) is 20.4 Å². The first kappa shape index (κ1) is 30.1. The standard InChI is InChI=1S/C32H25F3N6O5/c1-18-24(7-4-14-36-30(42)20-5-3-6-21(15-20)32(33,34)35)27(19-8-10-22(43-2)11-9-19)28(29-38-40-41-39-29)31(37-18)46-23-12-13-25-26(16-23)45-17-44-25/h3-13,15-16H,14,17H2,1-2H3,(H,36,42)(H,38,39,40,41). The number of nitrogens with zero attached hydrogens (tertiary/aromatic N) is 4. The van der Waals surface area contributed by atoms with Crippen LogP contribution in [-0.4, -0.2) is 52.0 Å². The number of halogens is 3. The van der Waals surface area contributed by atoms with Gasteiger partial charge in [-0.05, 0) is 60.2 Å². The van der Waals surface area contributed by atoms with E-state index >= 15 is 0 Å². The van der Waals surface area contributed by atoms with Gasteiger partial charge in [0.25, 0.3) is 5.91 Å². The van der Waals surface area contributed by atoms with Gasteiger partial charge in [-0.15, -0.1) is 10.2 Å². The first-order chi connectivity index (χ1) is 22.2. The summed E-state index contributed by atoms with van der Waals surface area (Å²) in [7, 11) is 1.56. The topological polar surface area (TPSA) is 133 Å². The third kappa shape index (κ3) is 6.31. The Morgan fingerprint density at radius 2 is 1.80 bits per heavy atom. The average molecular weight is 631 g/mol. The number of rotatable bonds is 9. The number of alkyl halides is 3. The molecule has 234 valence electrons. The molecule has 1 aliphatic rings. The minimum absolute atomic E-state index is 0.0174. The molecule has 0 unspecified atom stereocenters. The van der Waals surface area contributed by atoms with Crippen LogP contribution in [0.15, 0.2) is 72.8 Å². The summed E-state index contributed by atoms with van der Waals surface area (Å²) in [4.78, 5) is 17.4. The number of pyridine rings is 1. The van der Waals surface area contributed by atoms with E-state index in [4.69, 9.17) is 23.9 Å². The smallest absolute Gasteiger partial charge is 0.416 e. The lowest BCUT2D eigenvalue weighted by Gasteiger charge is -2.18. The molecule has 46 heavy (non-hydrogen) atoms. The molecule has 2 aromatic heterocycles. The number of carbonyl (C=O) groups is 1. The Bertz CT molecular complexity index is 1910. The van der Waals surface area contributed by atoms with E-state index in [0.717, 1.165) is 17.7 Å². The van der Waals surface area contributed by atoms with Crippen molar-refractivity contribution in [3.05, 3.63) is 95.2 Å². The molecule has 0 saturated heterocycles. The van der Waals surface area contributed by atoms with Crippen LogP contribution < -0.4 is 24.3 Å². The summed E-state index contributed by atoms with van der Waals surface area (Å²) >= 11 is 0. The average Bonchev–Trinajstić information content (AvgIpc) is 3.76. The van der Waals surface area contributed by atoms with E-state index in [1.807, 2.05) is 12.1 Å². The fourth-order valence-electron chi connectivity index (χ4n) is 4.82. The zero-order chi connectivity index (χ0) is 32.3. The van der Waals surface area contributed by atoms with Crippen LogP contribution in [0.4, 0.5) is 13.2 Å². The molecule has 0 saturated carbocycles. The molecule has 3 heterocycles. The van der Waals surface area contributed by atoms with E-state index in [2.05, 4.69) is 25.9 Å². The third-order valence-corrected chi connectivity index (χ3v) is 7.02. The van der Waals surface area contributed by atoms with Crippen LogP contribution in [0.2, 0.25) is 0 Å². The van der Waals surface area contributed by atoms with E-state index in [1.54, 1.807) is 56.5 Å². The Morgan fingerprint density at radius 1 is 1.02 bits per heavy atom. The molecule has 0 atom stereocenters. The Hall–Kier alpha value is -5.92. The van der Waals surface area contributed by atoms with Crippen LogP contribution in [0.5, 0.6) is 28.9 Å². The lowest BCUT2D eigenvalue weighted by molar-refractivity contribution is -0.137.